The van der Waals surface area contributed by atoms with Gasteiger partial charge in [-0.2, -0.15) is 0 Å². The van der Waals surface area contributed by atoms with E-state index in [4.69, 9.17) is 10.5 Å². The summed E-state index contributed by atoms with van der Waals surface area (Å²) in [6, 6.07) is 6.15. The number of nitrogens with one attached hydrogen (secondary N) is 1. The number of hydrogen-bond donors (Lipinski definition) is 2. The van der Waals surface area contributed by atoms with E-state index in [1.165, 1.54) is 0 Å². The molecule has 1 amide bonds. The van der Waals surface area contributed by atoms with Gasteiger partial charge in [-0.25, -0.2) is 4.79 Å². The Kier molecular flexibility index (Phi) is 3.87. The van der Waals surface area contributed by atoms with Gasteiger partial charge in [0.05, 0.1) is 5.69 Å². The Morgan fingerprint density at radius 3 is 2.63 bits per heavy atom. The molecule has 1 aliphatic rings. The molecule has 2 rings (SSSR count). The van der Waals surface area contributed by atoms with Crippen LogP contribution in [0.1, 0.15) is 38.7 Å². The van der Waals surface area contributed by atoms with Gasteiger partial charge in [0.25, 0.3) is 0 Å². The summed E-state index contributed by atoms with van der Waals surface area (Å²) >= 11 is 3.42. The van der Waals surface area contributed by atoms with Crippen molar-refractivity contribution in [1.82, 2.24) is 0 Å². The molecule has 0 saturated heterocycles. The Morgan fingerprint density at radius 1 is 1.47 bits per heavy atom. The number of anilines is 1. The minimum absolute atomic E-state index is 0.246. The van der Waals surface area contributed by atoms with Crippen molar-refractivity contribution in [1.29, 1.82) is 0 Å². The van der Waals surface area contributed by atoms with Gasteiger partial charge in [-0.15, -0.1) is 0 Å². The maximum absolute atomic E-state index is 11.8. The fourth-order valence-corrected chi connectivity index (χ4v) is 2.23. The number of amides is 1. The smallest absolute Gasteiger partial charge is 0.412 e. The van der Waals surface area contributed by atoms with Crippen LogP contribution >= 0.6 is 15.9 Å². The van der Waals surface area contributed by atoms with Crippen LogP contribution < -0.4 is 11.1 Å². The molecule has 4 nitrogen and oxygen atoms in total. The van der Waals surface area contributed by atoms with Crippen LogP contribution in [0.2, 0.25) is 0 Å². The van der Waals surface area contributed by atoms with Gasteiger partial charge < -0.3 is 10.5 Å². The van der Waals surface area contributed by atoms with Crippen LogP contribution in [-0.4, -0.2) is 17.7 Å². The fraction of sp³-hybridized carbons (Fsp3) is 0.500. The normalized spacial score (nSPS) is 21.9. The molecule has 5 heteroatoms. The highest BCUT2D eigenvalue weighted by molar-refractivity contribution is 9.10. The van der Waals surface area contributed by atoms with Crippen molar-refractivity contribution in [3.8, 4) is 0 Å². The summed E-state index contributed by atoms with van der Waals surface area (Å²) in [5, 5.41) is 2.76. The number of benzene rings is 1. The second kappa shape index (κ2) is 5.13. The quantitative estimate of drug-likeness (QED) is 0.872. The van der Waals surface area contributed by atoms with E-state index < -0.39 is 11.7 Å². The van der Waals surface area contributed by atoms with Crippen molar-refractivity contribution in [2.24, 2.45) is 5.73 Å². The first-order valence-corrected chi connectivity index (χ1v) is 7.10. The molecule has 2 atom stereocenters. The molecule has 1 aromatic carbocycles. The molecule has 0 radical (unpaired) electrons. The molecule has 0 spiro atoms. The van der Waals surface area contributed by atoms with Gasteiger partial charge in [-0.1, -0.05) is 6.07 Å². The second-order valence-corrected chi connectivity index (χ2v) is 6.73. The van der Waals surface area contributed by atoms with E-state index >= 15 is 0 Å². The lowest BCUT2D eigenvalue weighted by Crippen LogP contribution is -2.27. The minimum Gasteiger partial charge on any atom is -0.444 e. The lowest BCUT2D eigenvalue weighted by Gasteiger charge is -2.20. The monoisotopic (exact) mass is 326 g/mol. The van der Waals surface area contributed by atoms with Crippen LogP contribution in [0.5, 0.6) is 0 Å². The fourth-order valence-electron chi connectivity index (χ4n) is 1.88. The van der Waals surface area contributed by atoms with Gasteiger partial charge in [0.2, 0.25) is 0 Å². The highest BCUT2D eigenvalue weighted by Gasteiger charge is 2.35. The van der Waals surface area contributed by atoms with Gasteiger partial charge in [0.15, 0.2) is 0 Å². The maximum atomic E-state index is 11.8. The molecule has 0 unspecified atom stereocenters. The van der Waals surface area contributed by atoms with Gasteiger partial charge in [-0.05, 0) is 60.8 Å². The van der Waals surface area contributed by atoms with Crippen LogP contribution in [0.3, 0.4) is 0 Å². The van der Waals surface area contributed by atoms with Gasteiger partial charge in [-0.3, -0.25) is 5.32 Å². The summed E-state index contributed by atoms with van der Waals surface area (Å²) < 4.78 is 6.07. The molecular formula is C14H19BrN2O2. The Bertz CT molecular complexity index is 497. The van der Waals surface area contributed by atoms with E-state index in [1.54, 1.807) is 0 Å². The molecule has 1 aliphatic carbocycles. The molecule has 0 heterocycles. The number of carbonyl (C=O) groups excluding carboxylic acids is 1. The molecule has 0 aliphatic heterocycles. The number of hydrogen-bond acceptors (Lipinski definition) is 3. The van der Waals surface area contributed by atoms with Crippen LogP contribution in [0, 0.1) is 0 Å². The van der Waals surface area contributed by atoms with E-state index in [-0.39, 0.29) is 6.04 Å². The van der Waals surface area contributed by atoms with E-state index in [0.717, 1.165) is 16.5 Å². The molecule has 104 valence electrons. The lowest BCUT2D eigenvalue weighted by atomic mass is 10.1. The van der Waals surface area contributed by atoms with E-state index in [0.29, 0.717) is 11.6 Å². The van der Waals surface area contributed by atoms with E-state index in [2.05, 4.69) is 21.2 Å². The first-order chi connectivity index (χ1) is 8.76. The third-order valence-electron chi connectivity index (χ3n) is 2.89. The van der Waals surface area contributed by atoms with Gasteiger partial charge in [0, 0.05) is 16.4 Å². The van der Waals surface area contributed by atoms with Crippen molar-refractivity contribution in [3.05, 3.63) is 28.2 Å². The van der Waals surface area contributed by atoms with Crippen molar-refractivity contribution in [2.45, 2.75) is 44.8 Å². The zero-order chi connectivity index (χ0) is 14.2. The number of halogens is 1. The maximum Gasteiger partial charge on any atom is 0.412 e. The summed E-state index contributed by atoms with van der Waals surface area (Å²) in [7, 11) is 0. The predicted octanol–water partition coefficient (Wildman–Crippen LogP) is 3.61. The summed E-state index contributed by atoms with van der Waals surface area (Å²) in [5.41, 5.74) is 7.21. The van der Waals surface area contributed by atoms with E-state index in [9.17, 15) is 4.79 Å². The predicted molar refractivity (Wildman–Crippen MR) is 79.3 cm³/mol. The van der Waals surface area contributed by atoms with Crippen LogP contribution in [-0.2, 0) is 4.74 Å². The zero-order valence-electron chi connectivity index (χ0n) is 11.4. The average molecular weight is 327 g/mol. The summed E-state index contributed by atoms with van der Waals surface area (Å²) in [4.78, 5) is 11.8. The first kappa shape index (κ1) is 14.3. The van der Waals surface area contributed by atoms with Crippen LogP contribution in [0.4, 0.5) is 10.5 Å². The molecule has 1 fully saturated rings. The highest BCUT2D eigenvalue weighted by Crippen LogP contribution is 2.41. The molecule has 1 saturated carbocycles. The van der Waals surface area contributed by atoms with Crippen molar-refractivity contribution in [2.75, 3.05) is 5.32 Å². The molecule has 3 N–H and O–H groups in total. The average Bonchev–Trinajstić information content (AvgIpc) is 2.96. The van der Waals surface area contributed by atoms with Crippen LogP contribution in [0.15, 0.2) is 22.7 Å². The molecule has 0 aromatic heterocycles. The third kappa shape index (κ3) is 3.94. The highest BCUT2D eigenvalue weighted by atomic mass is 79.9. The second-order valence-electron chi connectivity index (χ2n) is 5.87. The summed E-state index contributed by atoms with van der Waals surface area (Å²) in [6.45, 7) is 5.50. The number of carbonyl (C=O) groups is 1. The number of nitrogens with two attached hydrogens (primary N) is 1. The first-order valence-electron chi connectivity index (χ1n) is 6.31. The van der Waals surface area contributed by atoms with Gasteiger partial charge >= 0.3 is 6.09 Å². The molecule has 0 bridgehead atoms. The molecule has 1 aromatic rings. The largest absolute Gasteiger partial charge is 0.444 e. The van der Waals surface area contributed by atoms with Crippen LogP contribution in [0.25, 0.3) is 0 Å². The Balaban J connectivity index is 2.09. The Morgan fingerprint density at radius 2 is 2.11 bits per heavy atom. The van der Waals surface area contributed by atoms with Crippen molar-refractivity contribution >= 4 is 27.7 Å². The van der Waals surface area contributed by atoms with Crippen molar-refractivity contribution in [3.63, 3.8) is 0 Å². The topological polar surface area (TPSA) is 64.3 Å². The molecular weight excluding hydrogens is 308 g/mol. The number of rotatable bonds is 2. The van der Waals surface area contributed by atoms with Gasteiger partial charge in [0.1, 0.15) is 5.60 Å². The third-order valence-corrected chi connectivity index (χ3v) is 3.59. The minimum atomic E-state index is -0.507. The Labute approximate surface area is 121 Å². The summed E-state index contributed by atoms with van der Waals surface area (Å²) in [5.74, 6) is 0.410. The van der Waals surface area contributed by atoms with Crippen molar-refractivity contribution < 1.29 is 9.53 Å². The molecule has 19 heavy (non-hydrogen) atoms. The lowest BCUT2D eigenvalue weighted by molar-refractivity contribution is 0.0636. The summed E-state index contributed by atoms with van der Waals surface area (Å²) in [6.07, 6.45) is 0.554. The number of ether oxygens (including phenoxy) is 1. The van der Waals surface area contributed by atoms with E-state index in [1.807, 2.05) is 39.0 Å². The Hall–Kier alpha value is -1.07. The SMILES string of the molecule is CC(C)(C)OC(=O)Nc1cc([C@@H]2C[C@H]2N)ccc1Br. The standard InChI is InChI=1S/C14H19BrN2O2/c1-14(2,3)19-13(18)17-12-6-8(4-5-10(12)15)9-7-11(9)16/h4-6,9,11H,7,16H2,1-3H3,(H,17,18)/t9-,11+/m0/s1. The zero-order valence-corrected chi connectivity index (χ0v) is 13.0.